The molecule has 0 fully saturated rings. The van der Waals surface area contributed by atoms with Crippen molar-refractivity contribution in [2.75, 3.05) is 13.2 Å². The van der Waals surface area contributed by atoms with Gasteiger partial charge in [0.1, 0.15) is 11.8 Å². The quantitative estimate of drug-likeness (QED) is 0.893. The molecule has 0 aliphatic rings. The predicted octanol–water partition coefficient (Wildman–Crippen LogP) is 1.85. The first-order chi connectivity index (χ1) is 6.77. The van der Waals surface area contributed by atoms with E-state index in [2.05, 4.69) is 15.9 Å². The zero-order chi connectivity index (χ0) is 10.4. The lowest BCUT2D eigenvalue weighted by molar-refractivity contribution is 0.365. The number of halogens is 1. The Morgan fingerprint density at radius 2 is 2.29 bits per heavy atom. The van der Waals surface area contributed by atoms with E-state index in [1.54, 1.807) is 0 Å². The third-order valence-electron chi connectivity index (χ3n) is 1.72. The van der Waals surface area contributed by atoms with Crippen molar-refractivity contribution in [3.05, 3.63) is 28.2 Å². The normalized spacial score (nSPS) is 9.50. The number of nitriles is 1. The summed E-state index contributed by atoms with van der Waals surface area (Å²) >= 11 is 3.37. The summed E-state index contributed by atoms with van der Waals surface area (Å²) in [5.74, 6) is 0.687. The van der Waals surface area contributed by atoms with Gasteiger partial charge in [0.05, 0.1) is 4.47 Å². The van der Waals surface area contributed by atoms with Gasteiger partial charge in [0.25, 0.3) is 0 Å². The monoisotopic (exact) mass is 254 g/mol. The van der Waals surface area contributed by atoms with E-state index in [9.17, 15) is 0 Å². The van der Waals surface area contributed by atoms with E-state index in [0.717, 1.165) is 16.5 Å². The Labute approximate surface area is 91.6 Å². The number of rotatable bonds is 4. The predicted molar refractivity (Wildman–Crippen MR) is 58.0 cm³/mol. The maximum atomic E-state index is 8.35. The number of hydrogen-bond acceptors (Lipinski definition) is 3. The van der Waals surface area contributed by atoms with Crippen molar-refractivity contribution in [3.8, 4) is 11.8 Å². The van der Waals surface area contributed by atoms with Gasteiger partial charge in [0, 0.05) is 0 Å². The van der Waals surface area contributed by atoms with Crippen LogP contribution < -0.4 is 10.5 Å². The van der Waals surface area contributed by atoms with Crippen LogP contribution >= 0.6 is 15.9 Å². The second kappa shape index (κ2) is 5.63. The van der Waals surface area contributed by atoms with Crippen molar-refractivity contribution >= 4 is 15.9 Å². The molecule has 0 aromatic heterocycles. The van der Waals surface area contributed by atoms with Gasteiger partial charge in [-0.05, 0) is 46.6 Å². The molecule has 0 unspecified atom stereocenters. The fraction of sp³-hybridized carbons (Fsp3) is 0.300. The minimum absolute atomic E-state index is 0.0643. The Kier molecular flexibility index (Phi) is 4.44. The molecule has 0 aliphatic carbocycles. The second-order valence-electron chi connectivity index (χ2n) is 2.75. The van der Waals surface area contributed by atoms with E-state index in [0.29, 0.717) is 12.3 Å². The molecule has 0 amide bonds. The number of nitrogens with two attached hydrogens (primary N) is 1. The van der Waals surface area contributed by atoms with Gasteiger partial charge in [-0.2, -0.15) is 5.26 Å². The molecule has 74 valence electrons. The molecule has 0 radical (unpaired) electrons. The minimum Gasteiger partial charge on any atom is -0.478 e. The molecule has 0 aliphatic heterocycles. The summed E-state index contributed by atoms with van der Waals surface area (Å²) in [6, 6.07) is 7.67. The molecular weight excluding hydrogens is 244 g/mol. The molecule has 0 saturated carbocycles. The standard InChI is InChI=1S/C10H11BrN2O/c11-9-7-8(3-4-12)1-2-10(9)14-6-5-13/h1-2,7H,3-4,6,12H2. The van der Waals surface area contributed by atoms with Crippen molar-refractivity contribution < 1.29 is 4.74 Å². The van der Waals surface area contributed by atoms with Crippen LogP contribution in [0.1, 0.15) is 5.56 Å². The first-order valence-electron chi connectivity index (χ1n) is 4.26. The molecular formula is C10H11BrN2O. The van der Waals surface area contributed by atoms with Gasteiger partial charge < -0.3 is 10.5 Å². The van der Waals surface area contributed by atoms with Crippen LogP contribution in [0.3, 0.4) is 0 Å². The Hall–Kier alpha value is -1.05. The lowest BCUT2D eigenvalue weighted by Crippen LogP contribution is -2.03. The molecule has 0 bridgehead atoms. The Balaban J connectivity index is 2.75. The Morgan fingerprint density at radius 3 is 2.86 bits per heavy atom. The van der Waals surface area contributed by atoms with Crippen LogP contribution in [0.15, 0.2) is 22.7 Å². The average Bonchev–Trinajstić information content (AvgIpc) is 2.17. The number of hydrogen-bond donors (Lipinski definition) is 1. The van der Waals surface area contributed by atoms with Gasteiger partial charge in [0.15, 0.2) is 6.61 Å². The summed E-state index contributed by atoms with van der Waals surface area (Å²) in [5, 5.41) is 8.35. The Morgan fingerprint density at radius 1 is 1.50 bits per heavy atom. The highest BCUT2D eigenvalue weighted by Crippen LogP contribution is 2.25. The molecule has 1 rings (SSSR count). The number of ether oxygens (including phenoxy) is 1. The van der Waals surface area contributed by atoms with Gasteiger partial charge in [-0.1, -0.05) is 6.07 Å². The van der Waals surface area contributed by atoms with Crippen LogP contribution in [0.4, 0.5) is 0 Å². The topological polar surface area (TPSA) is 59.0 Å². The summed E-state index contributed by atoms with van der Waals surface area (Å²) < 4.78 is 6.04. The number of benzene rings is 1. The third kappa shape index (κ3) is 3.02. The fourth-order valence-electron chi connectivity index (χ4n) is 1.09. The molecule has 0 atom stereocenters. The number of nitrogens with zero attached hydrogens (tertiary/aromatic N) is 1. The third-order valence-corrected chi connectivity index (χ3v) is 2.34. The van der Waals surface area contributed by atoms with E-state index in [1.165, 1.54) is 0 Å². The molecule has 1 aromatic carbocycles. The van der Waals surface area contributed by atoms with Gasteiger partial charge >= 0.3 is 0 Å². The molecule has 4 heteroatoms. The van der Waals surface area contributed by atoms with Gasteiger partial charge in [-0.15, -0.1) is 0 Å². The highest BCUT2D eigenvalue weighted by atomic mass is 79.9. The molecule has 0 spiro atoms. The summed E-state index contributed by atoms with van der Waals surface area (Å²) in [5.41, 5.74) is 6.60. The highest BCUT2D eigenvalue weighted by Gasteiger charge is 2.01. The van der Waals surface area contributed by atoms with Crippen molar-refractivity contribution in [2.24, 2.45) is 5.73 Å². The molecule has 2 N–H and O–H groups in total. The molecule has 14 heavy (non-hydrogen) atoms. The van der Waals surface area contributed by atoms with Crippen LogP contribution in [-0.2, 0) is 6.42 Å². The van der Waals surface area contributed by atoms with E-state index in [4.69, 9.17) is 15.7 Å². The van der Waals surface area contributed by atoms with Crippen LogP contribution in [0, 0.1) is 11.3 Å². The van der Waals surface area contributed by atoms with E-state index < -0.39 is 0 Å². The maximum Gasteiger partial charge on any atom is 0.174 e. The van der Waals surface area contributed by atoms with Crippen molar-refractivity contribution in [1.29, 1.82) is 5.26 Å². The van der Waals surface area contributed by atoms with Crippen LogP contribution in [0.5, 0.6) is 5.75 Å². The van der Waals surface area contributed by atoms with Gasteiger partial charge in [-0.3, -0.25) is 0 Å². The highest BCUT2D eigenvalue weighted by molar-refractivity contribution is 9.10. The first-order valence-corrected chi connectivity index (χ1v) is 5.05. The van der Waals surface area contributed by atoms with Crippen molar-refractivity contribution in [1.82, 2.24) is 0 Å². The van der Waals surface area contributed by atoms with Crippen LogP contribution in [0.2, 0.25) is 0 Å². The van der Waals surface area contributed by atoms with Crippen molar-refractivity contribution in [2.45, 2.75) is 6.42 Å². The molecule has 0 heterocycles. The summed E-state index contributed by atoms with van der Waals surface area (Å²) in [6.45, 7) is 0.694. The minimum atomic E-state index is 0.0643. The summed E-state index contributed by atoms with van der Waals surface area (Å²) in [6.07, 6.45) is 0.844. The van der Waals surface area contributed by atoms with Crippen molar-refractivity contribution in [3.63, 3.8) is 0 Å². The smallest absolute Gasteiger partial charge is 0.174 e. The zero-order valence-corrected chi connectivity index (χ0v) is 9.25. The largest absolute Gasteiger partial charge is 0.478 e. The van der Waals surface area contributed by atoms with Crippen LogP contribution in [-0.4, -0.2) is 13.2 Å². The summed E-state index contributed by atoms with van der Waals surface area (Å²) in [7, 11) is 0. The molecule has 0 saturated heterocycles. The second-order valence-corrected chi connectivity index (χ2v) is 3.60. The average molecular weight is 255 g/mol. The first kappa shape index (κ1) is 11.0. The fourth-order valence-corrected chi connectivity index (χ4v) is 1.63. The van der Waals surface area contributed by atoms with E-state index in [1.807, 2.05) is 24.3 Å². The lowest BCUT2D eigenvalue weighted by atomic mass is 10.1. The lowest BCUT2D eigenvalue weighted by Gasteiger charge is -2.06. The van der Waals surface area contributed by atoms with Gasteiger partial charge in [-0.25, -0.2) is 0 Å². The van der Waals surface area contributed by atoms with Crippen LogP contribution in [0.25, 0.3) is 0 Å². The Bertz CT molecular complexity index is 346. The zero-order valence-electron chi connectivity index (χ0n) is 7.66. The molecule has 1 aromatic rings. The van der Waals surface area contributed by atoms with Gasteiger partial charge in [0.2, 0.25) is 0 Å². The maximum absolute atomic E-state index is 8.35. The van der Waals surface area contributed by atoms with E-state index >= 15 is 0 Å². The summed E-state index contributed by atoms with van der Waals surface area (Å²) in [4.78, 5) is 0. The SMILES string of the molecule is N#CCOc1ccc(CCN)cc1Br. The molecule has 3 nitrogen and oxygen atoms in total. The van der Waals surface area contributed by atoms with E-state index in [-0.39, 0.29) is 6.61 Å².